The van der Waals surface area contributed by atoms with Gasteiger partial charge in [-0.25, -0.2) is 4.79 Å². The standard InChI is InChI=1S/C19H26N2O3/c1-12(2)23-18-8-6-7-16(10-18)14(4)21-19(22)20-11-17-9-13(3)24-15(17)5/h6-10,12,14H,11H2,1-5H3,(H2,20,21,22). The van der Waals surface area contributed by atoms with Crippen LogP contribution in [-0.2, 0) is 6.54 Å². The molecule has 0 aliphatic heterocycles. The van der Waals surface area contributed by atoms with Gasteiger partial charge in [-0.3, -0.25) is 0 Å². The van der Waals surface area contributed by atoms with Crippen LogP contribution in [0.1, 0.15) is 49.5 Å². The smallest absolute Gasteiger partial charge is 0.315 e. The first-order valence-corrected chi connectivity index (χ1v) is 8.22. The van der Waals surface area contributed by atoms with Crippen molar-refractivity contribution < 1.29 is 13.9 Å². The number of furan rings is 1. The molecule has 2 aromatic rings. The number of hydrogen-bond donors (Lipinski definition) is 2. The minimum Gasteiger partial charge on any atom is -0.491 e. The lowest BCUT2D eigenvalue weighted by Crippen LogP contribution is -2.36. The van der Waals surface area contributed by atoms with Crippen molar-refractivity contribution in [2.75, 3.05) is 0 Å². The third-order valence-corrected chi connectivity index (χ3v) is 3.66. The highest BCUT2D eigenvalue weighted by Gasteiger charge is 2.12. The summed E-state index contributed by atoms with van der Waals surface area (Å²) in [6, 6.07) is 9.38. The summed E-state index contributed by atoms with van der Waals surface area (Å²) in [4.78, 5) is 12.1. The zero-order chi connectivity index (χ0) is 17.7. The van der Waals surface area contributed by atoms with Crippen molar-refractivity contribution in [3.63, 3.8) is 0 Å². The summed E-state index contributed by atoms with van der Waals surface area (Å²) in [6.45, 7) is 10.2. The van der Waals surface area contributed by atoms with Crippen LogP contribution in [0, 0.1) is 13.8 Å². The largest absolute Gasteiger partial charge is 0.491 e. The van der Waals surface area contributed by atoms with Gasteiger partial charge in [-0.05, 0) is 58.4 Å². The van der Waals surface area contributed by atoms with Crippen LogP contribution < -0.4 is 15.4 Å². The molecule has 130 valence electrons. The average molecular weight is 330 g/mol. The molecule has 0 bridgehead atoms. The Kier molecular flexibility index (Phi) is 5.90. The normalized spacial score (nSPS) is 12.1. The first kappa shape index (κ1) is 17.9. The number of carbonyl (C=O) groups excluding carboxylic acids is 1. The number of urea groups is 1. The topological polar surface area (TPSA) is 63.5 Å². The zero-order valence-electron chi connectivity index (χ0n) is 15.0. The van der Waals surface area contributed by atoms with E-state index in [0.29, 0.717) is 6.54 Å². The van der Waals surface area contributed by atoms with Crippen LogP contribution in [0.2, 0.25) is 0 Å². The summed E-state index contributed by atoms with van der Waals surface area (Å²) in [5.74, 6) is 2.49. The molecule has 24 heavy (non-hydrogen) atoms. The maximum absolute atomic E-state index is 12.1. The predicted molar refractivity (Wildman–Crippen MR) is 94.2 cm³/mol. The number of ether oxygens (including phenoxy) is 1. The summed E-state index contributed by atoms with van der Waals surface area (Å²) in [6.07, 6.45) is 0.119. The van der Waals surface area contributed by atoms with Crippen LogP contribution >= 0.6 is 0 Å². The van der Waals surface area contributed by atoms with Gasteiger partial charge in [0.2, 0.25) is 0 Å². The van der Waals surface area contributed by atoms with Crippen molar-refractivity contribution in [3.05, 3.63) is 53.0 Å². The Hall–Kier alpha value is -2.43. The molecule has 1 unspecified atom stereocenters. The van der Waals surface area contributed by atoms with Crippen LogP contribution in [0.15, 0.2) is 34.7 Å². The third-order valence-electron chi connectivity index (χ3n) is 3.66. The quantitative estimate of drug-likeness (QED) is 0.832. The first-order chi connectivity index (χ1) is 11.3. The molecule has 0 radical (unpaired) electrons. The molecule has 5 nitrogen and oxygen atoms in total. The molecule has 0 spiro atoms. The number of nitrogens with one attached hydrogen (secondary N) is 2. The van der Waals surface area contributed by atoms with Gasteiger partial charge < -0.3 is 19.8 Å². The van der Waals surface area contributed by atoms with Gasteiger partial charge in [0.15, 0.2) is 0 Å². The molecule has 0 fully saturated rings. The summed E-state index contributed by atoms with van der Waals surface area (Å²) >= 11 is 0. The molecule has 1 aromatic heterocycles. The molecular formula is C19H26N2O3. The number of aryl methyl sites for hydroxylation is 2. The van der Waals surface area contributed by atoms with Gasteiger partial charge >= 0.3 is 6.03 Å². The molecule has 5 heteroatoms. The van der Waals surface area contributed by atoms with E-state index < -0.39 is 0 Å². The van der Waals surface area contributed by atoms with E-state index in [9.17, 15) is 4.79 Å². The molecule has 0 saturated heterocycles. The Bertz CT molecular complexity index is 692. The molecule has 2 rings (SSSR count). The zero-order valence-corrected chi connectivity index (χ0v) is 15.0. The number of hydrogen-bond acceptors (Lipinski definition) is 3. The van der Waals surface area contributed by atoms with Crippen molar-refractivity contribution in [1.29, 1.82) is 0 Å². The van der Waals surface area contributed by atoms with E-state index in [1.165, 1.54) is 0 Å². The summed E-state index contributed by atoms with van der Waals surface area (Å²) in [7, 11) is 0. The van der Waals surface area contributed by atoms with Gasteiger partial charge in [-0.2, -0.15) is 0 Å². The molecule has 0 aliphatic carbocycles. The Labute approximate surface area is 143 Å². The molecule has 1 atom stereocenters. The third kappa shape index (κ3) is 5.05. The minimum absolute atomic E-state index is 0.118. The summed E-state index contributed by atoms with van der Waals surface area (Å²) in [5, 5.41) is 5.80. The molecule has 0 aliphatic rings. The van der Waals surface area contributed by atoms with Crippen molar-refractivity contribution in [2.45, 2.75) is 53.3 Å². The van der Waals surface area contributed by atoms with Gasteiger partial charge in [0.1, 0.15) is 17.3 Å². The summed E-state index contributed by atoms with van der Waals surface area (Å²) < 4.78 is 11.1. The first-order valence-electron chi connectivity index (χ1n) is 8.22. The molecule has 1 heterocycles. The Morgan fingerprint density at radius 2 is 1.96 bits per heavy atom. The van der Waals surface area contributed by atoms with Gasteiger partial charge in [-0.1, -0.05) is 12.1 Å². The van der Waals surface area contributed by atoms with Crippen LogP contribution in [0.4, 0.5) is 4.79 Å². The number of carbonyl (C=O) groups is 1. The summed E-state index contributed by atoms with van der Waals surface area (Å²) in [5.41, 5.74) is 1.99. The number of rotatable bonds is 6. The van der Waals surface area contributed by atoms with Crippen LogP contribution in [-0.4, -0.2) is 12.1 Å². The SMILES string of the molecule is Cc1cc(CNC(=O)NC(C)c2cccc(OC(C)C)c2)c(C)o1. The Morgan fingerprint density at radius 1 is 1.21 bits per heavy atom. The van der Waals surface area contributed by atoms with Crippen molar-refractivity contribution >= 4 is 6.03 Å². The second kappa shape index (κ2) is 7.90. The Balaban J connectivity index is 1.90. The molecular weight excluding hydrogens is 304 g/mol. The fraction of sp³-hybridized carbons (Fsp3) is 0.421. The van der Waals surface area contributed by atoms with Gasteiger partial charge in [0.25, 0.3) is 0 Å². The number of amides is 2. The fourth-order valence-corrected chi connectivity index (χ4v) is 2.49. The van der Waals surface area contributed by atoms with Gasteiger partial charge in [-0.15, -0.1) is 0 Å². The van der Waals surface area contributed by atoms with Crippen LogP contribution in [0.5, 0.6) is 5.75 Å². The van der Waals surface area contributed by atoms with Gasteiger partial charge in [0, 0.05) is 12.1 Å². The highest BCUT2D eigenvalue weighted by molar-refractivity contribution is 5.74. The molecule has 2 N–H and O–H groups in total. The second-order valence-electron chi connectivity index (χ2n) is 6.23. The highest BCUT2D eigenvalue weighted by Crippen LogP contribution is 2.20. The molecule has 1 aromatic carbocycles. The van der Waals surface area contributed by atoms with Gasteiger partial charge in [0.05, 0.1) is 12.1 Å². The van der Waals surface area contributed by atoms with E-state index in [1.807, 2.05) is 65.0 Å². The minimum atomic E-state index is -0.212. The Morgan fingerprint density at radius 3 is 2.58 bits per heavy atom. The van der Waals surface area contributed by atoms with E-state index in [2.05, 4.69) is 10.6 Å². The van der Waals surface area contributed by atoms with E-state index in [-0.39, 0.29) is 18.2 Å². The second-order valence-corrected chi connectivity index (χ2v) is 6.23. The maximum atomic E-state index is 12.1. The molecule has 0 saturated carbocycles. The highest BCUT2D eigenvalue weighted by atomic mass is 16.5. The lowest BCUT2D eigenvalue weighted by atomic mass is 10.1. The van der Waals surface area contributed by atoms with Crippen molar-refractivity contribution in [3.8, 4) is 5.75 Å². The van der Waals surface area contributed by atoms with Crippen molar-refractivity contribution in [1.82, 2.24) is 10.6 Å². The molecule has 2 amide bonds. The predicted octanol–water partition coefficient (Wildman–Crippen LogP) is 4.24. The average Bonchev–Trinajstić information content (AvgIpc) is 2.82. The lowest BCUT2D eigenvalue weighted by molar-refractivity contribution is 0.236. The number of benzene rings is 1. The van der Waals surface area contributed by atoms with E-state index in [4.69, 9.17) is 9.15 Å². The fourth-order valence-electron chi connectivity index (χ4n) is 2.49. The maximum Gasteiger partial charge on any atom is 0.315 e. The van der Waals surface area contributed by atoms with E-state index >= 15 is 0 Å². The van der Waals surface area contributed by atoms with Crippen LogP contribution in [0.3, 0.4) is 0 Å². The monoisotopic (exact) mass is 330 g/mol. The van der Waals surface area contributed by atoms with Crippen molar-refractivity contribution in [2.24, 2.45) is 0 Å². The van der Waals surface area contributed by atoms with Crippen LogP contribution in [0.25, 0.3) is 0 Å². The van der Waals surface area contributed by atoms with E-state index in [0.717, 1.165) is 28.4 Å². The lowest BCUT2D eigenvalue weighted by Gasteiger charge is -2.17. The van der Waals surface area contributed by atoms with E-state index in [1.54, 1.807) is 0 Å².